The largest absolute Gasteiger partial charge is 0.440 e. The Kier molecular flexibility index (Phi) is 3.59. The summed E-state index contributed by atoms with van der Waals surface area (Å²) in [5, 5.41) is 7.72. The molecule has 0 aliphatic carbocycles. The molecule has 6 N–H and O–H groups in total. The van der Waals surface area contributed by atoms with Crippen molar-refractivity contribution in [2.24, 2.45) is 5.73 Å². The van der Waals surface area contributed by atoms with Gasteiger partial charge in [0.1, 0.15) is 0 Å². The average molecular weight is 200 g/mol. The van der Waals surface area contributed by atoms with Crippen molar-refractivity contribution in [3.8, 4) is 0 Å². The van der Waals surface area contributed by atoms with Gasteiger partial charge in [-0.15, -0.1) is 0 Å². The second-order valence-corrected chi connectivity index (χ2v) is 1.76. The Bertz CT molecular complexity index is 132. The van der Waals surface area contributed by atoms with E-state index in [1.54, 1.807) is 0 Å². The fraction of sp³-hybridized carbons (Fsp3) is 1.00. The van der Waals surface area contributed by atoms with E-state index in [-0.39, 0.29) is 6.15 Å². The Morgan fingerprint density at radius 2 is 1.00 bits per heavy atom. The van der Waals surface area contributed by atoms with Crippen LogP contribution in [0.2, 0.25) is 0 Å². The van der Waals surface area contributed by atoms with Crippen molar-refractivity contribution < 1.29 is 31.4 Å². The van der Waals surface area contributed by atoms with Crippen LogP contribution in [0.15, 0.2) is 0 Å². The number of rotatable bonds is 0. The predicted octanol–water partition coefficient (Wildman–Crippen LogP) is 0.920. The Labute approximate surface area is 62.7 Å². The smallest absolute Gasteiger partial charge is 0.361 e. The summed E-state index contributed by atoms with van der Waals surface area (Å²) in [7, 11) is 0. The summed E-state index contributed by atoms with van der Waals surface area (Å²) in [5.74, 6) is 0. The molecule has 0 bridgehead atoms. The zero-order valence-electron chi connectivity index (χ0n) is 5.50. The molecule has 3 nitrogen and oxygen atoms in total. The van der Waals surface area contributed by atoms with Gasteiger partial charge in [0.05, 0.1) is 0 Å². The molecule has 0 rings (SSSR count). The minimum Gasteiger partial charge on any atom is -0.361 e. The fourth-order valence-corrected chi connectivity index (χ4v) is 0.161. The predicted molar refractivity (Wildman–Crippen MR) is 26.3 cm³/mol. The molecule has 9 heteroatoms. The Hall–Kier alpha value is -0.540. The van der Waals surface area contributed by atoms with E-state index in [2.05, 4.69) is 5.73 Å². The highest BCUT2D eigenvalue weighted by atomic mass is 19.4. The number of hydrogen-bond acceptors (Lipinski definition) is 3. The van der Waals surface area contributed by atoms with Crippen LogP contribution >= 0.6 is 0 Å². The lowest BCUT2D eigenvalue weighted by Gasteiger charge is -2.27. The molecule has 0 heterocycles. The zero-order valence-corrected chi connectivity index (χ0v) is 5.50. The van der Waals surface area contributed by atoms with E-state index < -0.39 is 18.1 Å². The molecule has 0 aromatic rings. The Morgan fingerprint density at radius 1 is 0.833 bits per heavy atom. The number of nitrogens with two attached hydrogens (primary N) is 1. The summed E-state index contributed by atoms with van der Waals surface area (Å²) in [6, 6.07) is 0. The Morgan fingerprint density at radius 3 is 1.00 bits per heavy atom. The van der Waals surface area contributed by atoms with Gasteiger partial charge in [0.25, 0.3) is 0 Å². The van der Waals surface area contributed by atoms with E-state index >= 15 is 0 Å². The van der Waals surface area contributed by atoms with Gasteiger partial charge in [-0.25, -0.2) is 0 Å². The lowest BCUT2D eigenvalue weighted by atomic mass is 10.2. The van der Waals surface area contributed by atoms with Crippen LogP contribution in [0, 0.1) is 0 Å². The molecule has 76 valence electrons. The van der Waals surface area contributed by atoms with E-state index in [1.807, 2.05) is 0 Å². The topological polar surface area (TPSA) is 81.2 Å². The third-order valence-electron chi connectivity index (χ3n) is 0.864. The first-order valence-corrected chi connectivity index (χ1v) is 2.15. The molecule has 0 saturated carbocycles. The average Bonchev–Trinajstić information content (AvgIpc) is 1.58. The van der Waals surface area contributed by atoms with Gasteiger partial charge in [0.2, 0.25) is 0 Å². The van der Waals surface area contributed by atoms with Crippen molar-refractivity contribution >= 4 is 0 Å². The van der Waals surface area contributed by atoms with Crippen LogP contribution in [0.5, 0.6) is 0 Å². The summed E-state index contributed by atoms with van der Waals surface area (Å²) in [6.07, 6.45) is -11.8. The van der Waals surface area contributed by atoms with Gasteiger partial charge in [-0.1, -0.05) is 0 Å². The molecule has 0 radical (unpaired) electrons. The van der Waals surface area contributed by atoms with Crippen LogP contribution in [0.4, 0.5) is 26.3 Å². The molecule has 0 fully saturated rings. The molecule has 0 amide bonds. The van der Waals surface area contributed by atoms with Gasteiger partial charge in [-0.05, 0) is 0 Å². The summed E-state index contributed by atoms with van der Waals surface area (Å²) < 4.78 is 67.4. The summed E-state index contributed by atoms with van der Waals surface area (Å²) in [4.78, 5) is 0. The van der Waals surface area contributed by atoms with Gasteiger partial charge in [-0.2, -0.15) is 26.3 Å². The van der Waals surface area contributed by atoms with Gasteiger partial charge < -0.3 is 11.3 Å². The molecule has 0 aromatic carbocycles. The molecular formula is C3H6F6N2O. The highest BCUT2D eigenvalue weighted by Gasteiger charge is 2.68. The summed E-state index contributed by atoms with van der Waals surface area (Å²) in [6.45, 7) is 0. The van der Waals surface area contributed by atoms with Crippen LogP contribution in [0.1, 0.15) is 0 Å². The first-order chi connectivity index (χ1) is 4.50. The standard InChI is InChI=1S/C3H3F6NO.H3N/c4-2(5,6)1(10,11)3(7,8)9;/h11H,10H2;1H3. The highest BCUT2D eigenvalue weighted by molar-refractivity contribution is 4.87. The molecule has 0 spiro atoms. The van der Waals surface area contributed by atoms with Crippen molar-refractivity contribution in [3.05, 3.63) is 0 Å². The fourth-order valence-electron chi connectivity index (χ4n) is 0.161. The van der Waals surface area contributed by atoms with Crippen LogP contribution in [0.3, 0.4) is 0 Å². The van der Waals surface area contributed by atoms with Crippen molar-refractivity contribution in [1.82, 2.24) is 6.15 Å². The number of hydrogen-bond donors (Lipinski definition) is 3. The SMILES string of the molecule is N.NC(O)(C(F)(F)F)C(F)(F)F. The summed E-state index contributed by atoms with van der Waals surface area (Å²) in [5.41, 5.74) is -1.55. The number of aliphatic hydroxyl groups is 1. The Balaban J connectivity index is 0. The molecule has 0 unspecified atom stereocenters. The lowest BCUT2D eigenvalue weighted by molar-refractivity contribution is -0.366. The minimum absolute atomic E-state index is 0. The maximum Gasteiger partial charge on any atom is 0.440 e. The van der Waals surface area contributed by atoms with Crippen molar-refractivity contribution in [2.75, 3.05) is 0 Å². The first kappa shape index (κ1) is 14.0. The third-order valence-corrected chi connectivity index (χ3v) is 0.864. The molecule has 0 atom stereocenters. The highest BCUT2D eigenvalue weighted by Crippen LogP contribution is 2.38. The molecular weight excluding hydrogens is 194 g/mol. The maximum atomic E-state index is 11.2. The van der Waals surface area contributed by atoms with E-state index in [9.17, 15) is 26.3 Å². The lowest BCUT2D eigenvalue weighted by Crippen LogP contribution is -2.63. The molecule has 0 saturated heterocycles. The van der Waals surface area contributed by atoms with Gasteiger partial charge >= 0.3 is 18.1 Å². The van der Waals surface area contributed by atoms with Crippen LogP contribution < -0.4 is 11.9 Å². The first-order valence-electron chi connectivity index (χ1n) is 2.15. The van der Waals surface area contributed by atoms with Gasteiger partial charge in [0.15, 0.2) is 0 Å². The molecule has 0 aliphatic heterocycles. The van der Waals surface area contributed by atoms with Crippen molar-refractivity contribution in [3.63, 3.8) is 0 Å². The molecule has 12 heavy (non-hydrogen) atoms. The zero-order chi connectivity index (χ0) is 9.50. The number of halogens is 6. The molecule has 0 aliphatic rings. The van der Waals surface area contributed by atoms with E-state index in [1.165, 1.54) is 0 Å². The van der Waals surface area contributed by atoms with E-state index in [0.717, 1.165) is 0 Å². The minimum atomic E-state index is -5.91. The number of alkyl halides is 6. The quantitative estimate of drug-likeness (QED) is 0.401. The van der Waals surface area contributed by atoms with Crippen LogP contribution in [-0.2, 0) is 0 Å². The maximum absolute atomic E-state index is 11.2. The van der Waals surface area contributed by atoms with Crippen LogP contribution in [0.25, 0.3) is 0 Å². The van der Waals surface area contributed by atoms with Gasteiger partial charge in [0, 0.05) is 0 Å². The van der Waals surface area contributed by atoms with Crippen molar-refractivity contribution in [2.45, 2.75) is 18.1 Å². The third kappa shape index (κ3) is 2.22. The second-order valence-electron chi connectivity index (χ2n) is 1.76. The summed E-state index contributed by atoms with van der Waals surface area (Å²) >= 11 is 0. The van der Waals surface area contributed by atoms with Crippen LogP contribution in [-0.4, -0.2) is 23.2 Å². The normalized spacial score (nSPS) is 14.0. The van der Waals surface area contributed by atoms with E-state index in [4.69, 9.17) is 5.11 Å². The second kappa shape index (κ2) is 3.07. The van der Waals surface area contributed by atoms with Gasteiger partial charge in [-0.3, -0.25) is 5.73 Å². The molecule has 0 aromatic heterocycles. The monoisotopic (exact) mass is 200 g/mol. The van der Waals surface area contributed by atoms with Crippen molar-refractivity contribution in [1.29, 1.82) is 0 Å². The van der Waals surface area contributed by atoms with E-state index in [0.29, 0.717) is 0 Å².